The molecule has 2 aliphatic rings. The molecule has 0 bridgehead atoms. The second-order valence-electron chi connectivity index (χ2n) is 18.5. The number of alkyl halides is 6. The molecule has 4 unspecified atom stereocenters. The Morgan fingerprint density at radius 2 is 1.21 bits per heavy atom. The van der Waals surface area contributed by atoms with E-state index in [-0.39, 0.29) is 42.1 Å². The fraction of sp³-hybridized carbons (Fsp3) is 0.660. The van der Waals surface area contributed by atoms with Gasteiger partial charge < -0.3 is 31.1 Å². The molecule has 0 aliphatic carbocycles. The maximum atomic E-state index is 12.6. The van der Waals surface area contributed by atoms with Crippen molar-refractivity contribution in [3.8, 4) is 30.8 Å². The van der Waals surface area contributed by atoms with Crippen molar-refractivity contribution in [3.05, 3.63) is 23.1 Å². The van der Waals surface area contributed by atoms with Gasteiger partial charge in [0.2, 0.25) is 24.6 Å². The molecule has 2 aromatic rings. The minimum atomic E-state index is -5.09. The number of hydrogen-bond acceptors (Lipinski definition) is 9. The van der Waals surface area contributed by atoms with E-state index in [1.165, 1.54) is 16.0 Å². The molecule has 2 fully saturated rings. The Hall–Kier alpha value is -6.37. The van der Waals surface area contributed by atoms with E-state index < -0.39 is 60.7 Å². The number of aryl methyl sites for hydroxylation is 1. The average Bonchev–Trinajstić information content (AvgIpc) is 3.94. The third-order valence-electron chi connectivity index (χ3n) is 10.3. The quantitative estimate of drug-likeness (QED) is 0.108. The van der Waals surface area contributed by atoms with Crippen molar-refractivity contribution in [1.82, 2.24) is 45.8 Å². The Labute approximate surface area is 422 Å². The molecule has 2 saturated heterocycles. The molecule has 5 atom stereocenters. The van der Waals surface area contributed by atoms with E-state index in [9.17, 15) is 60.4 Å². The molecule has 4 N–H and O–H groups in total. The smallest absolute Gasteiger partial charge is 0.345 e. The summed E-state index contributed by atoms with van der Waals surface area (Å²) in [4.78, 5) is 73.6. The number of rotatable bonds is 10. The minimum Gasteiger partial charge on any atom is -0.345 e. The topological polar surface area (TPSA) is 212 Å². The lowest BCUT2D eigenvalue weighted by atomic mass is 9.84. The zero-order valence-corrected chi connectivity index (χ0v) is 45.0. The number of halogens is 6. The zero-order chi connectivity index (χ0) is 57.1. The number of terminal acetylenes is 2. The molecule has 16 nitrogen and oxygen atoms in total. The van der Waals surface area contributed by atoms with Crippen LogP contribution in [0.15, 0.2) is 6.20 Å². The minimum absolute atomic E-state index is 0.0519. The van der Waals surface area contributed by atoms with E-state index in [0.717, 1.165) is 11.8 Å². The van der Waals surface area contributed by atoms with Crippen LogP contribution in [0.25, 0.3) is 10.9 Å². The maximum absolute atomic E-state index is 12.6. The first-order chi connectivity index (χ1) is 33.2. The lowest BCUT2D eigenvalue weighted by molar-refractivity contribution is -0.174. The highest BCUT2D eigenvalue weighted by atomic mass is 19.4. The van der Waals surface area contributed by atoms with Crippen LogP contribution in [-0.4, -0.2) is 119 Å². The average molecular weight is 1030 g/mol. The fourth-order valence-electron chi connectivity index (χ4n) is 6.24. The Morgan fingerprint density at radius 1 is 0.792 bits per heavy atom. The van der Waals surface area contributed by atoms with Crippen molar-refractivity contribution in [2.24, 2.45) is 29.1 Å². The van der Waals surface area contributed by atoms with Crippen LogP contribution >= 0.6 is 0 Å². The highest BCUT2D eigenvalue weighted by Gasteiger charge is 2.47. The standard InChI is InChI=1S/C22H22F3N7O3.C11H17F3N2O2.C5H7NO.2C4H10.2C2H6/c1-5-15-18-14(16(6-26)29-11-33)7-27-13(3)19(18)32(30-15)21(4)10-31(9-12(21)2)17(34)8-28-20(35)22(23,24)25;1-7-5-16(6-10(7,2)3)8(17)4-15-9(18)11(12,13)14;1-3-5(2)6-4-7;2*1-4(2)3;2*1-2/h1,7,11-12,16H,8-10H2,2-4H3,(H,28,35)(H,29,33);7H,4-6H2,1-3H3,(H,15,18);1,4-5H,2H3,(H,6,7);2*4H,1-3H3;2*1-2H3/t;7-;;;;;/m.0...../s1. The summed E-state index contributed by atoms with van der Waals surface area (Å²) in [7, 11) is 0. The van der Waals surface area contributed by atoms with E-state index in [0.29, 0.717) is 48.1 Å². The number of hydrogen-bond donors (Lipinski definition) is 4. The number of nitrogens with zero attached hydrogens (tertiary/aromatic N) is 6. The van der Waals surface area contributed by atoms with Crippen molar-refractivity contribution < 1.29 is 55.1 Å². The van der Waals surface area contributed by atoms with Gasteiger partial charge in [0.25, 0.3) is 0 Å². The number of aromatic nitrogens is 3. The molecule has 22 heteroatoms. The van der Waals surface area contributed by atoms with Crippen molar-refractivity contribution in [1.29, 1.82) is 5.26 Å². The van der Waals surface area contributed by atoms with Gasteiger partial charge in [-0.15, -0.1) is 12.8 Å². The van der Waals surface area contributed by atoms with Crippen molar-refractivity contribution in [2.75, 3.05) is 39.3 Å². The van der Waals surface area contributed by atoms with Crippen molar-refractivity contribution in [3.63, 3.8) is 0 Å². The van der Waals surface area contributed by atoms with Crippen LogP contribution in [0.2, 0.25) is 0 Å². The normalized spacial score (nSPS) is 18.1. The molecule has 0 aromatic carbocycles. The molecule has 2 aromatic heterocycles. The summed E-state index contributed by atoms with van der Waals surface area (Å²) >= 11 is 0. The number of carbonyl (C=O) groups excluding carboxylic acids is 6. The van der Waals surface area contributed by atoms with E-state index in [2.05, 4.69) is 74.1 Å². The van der Waals surface area contributed by atoms with Crippen LogP contribution < -0.4 is 21.3 Å². The van der Waals surface area contributed by atoms with Crippen LogP contribution in [0.1, 0.15) is 134 Å². The highest BCUT2D eigenvalue weighted by molar-refractivity contribution is 5.91. The fourth-order valence-corrected chi connectivity index (χ4v) is 6.24. The molecule has 406 valence electrons. The Balaban J connectivity index is -0.00000106. The monoisotopic (exact) mass is 1030 g/mol. The molecule has 2 aliphatic heterocycles. The lowest BCUT2D eigenvalue weighted by Gasteiger charge is -2.30. The van der Waals surface area contributed by atoms with Gasteiger partial charge in [-0.25, -0.2) is 0 Å². The summed E-state index contributed by atoms with van der Waals surface area (Å²) in [6, 6.07) is 0.808. The van der Waals surface area contributed by atoms with Crippen LogP contribution in [0.4, 0.5) is 26.3 Å². The van der Waals surface area contributed by atoms with E-state index in [1.54, 1.807) is 29.2 Å². The predicted octanol–water partition coefficient (Wildman–Crippen LogP) is 7.20. The molecular formula is C50H78F6N10O6. The number of carbonyl (C=O) groups is 6. The van der Waals surface area contributed by atoms with Crippen molar-refractivity contribution >= 4 is 47.4 Å². The van der Waals surface area contributed by atoms with Crippen LogP contribution in [-0.2, 0) is 34.3 Å². The van der Waals surface area contributed by atoms with Crippen LogP contribution in [0.3, 0.4) is 0 Å². The van der Waals surface area contributed by atoms with Crippen LogP contribution in [0.5, 0.6) is 0 Å². The SMILES string of the molecule is C#CC(C)NC=O.C#Cc1nn(C2(C)CN(C(=O)CNC(=O)C(F)(F)F)CC2C)c2c(C)ncc(C(C#N)NC=O)c12.CC.CC.CC(C)C.CC(C)C.C[C@H]1CN(C(=O)CNC(=O)C(F)(F)F)CC1(C)C. The van der Waals surface area contributed by atoms with E-state index in [4.69, 9.17) is 12.8 Å². The maximum Gasteiger partial charge on any atom is 0.471 e. The number of fused-ring (bicyclic) bond motifs is 1. The molecule has 72 heavy (non-hydrogen) atoms. The summed E-state index contributed by atoms with van der Waals surface area (Å²) in [5.41, 5.74) is 0.723. The number of amides is 6. The molecule has 0 saturated carbocycles. The molecule has 6 amide bonds. The zero-order valence-electron chi connectivity index (χ0n) is 45.0. The third kappa shape index (κ3) is 22.8. The lowest BCUT2D eigenvalue weighted by Crippen LogP contribution is -2.45. The first kappa shape index (κ1) is 69.9. The summed E-state index contributed by atoms with van der Waals surface area (Å²) in [5.74, 6) is 1.11. The van der Waals surface area contributed by atoms with Gasteiger partial charge in [-0.2, -0.15) is 36.7 Å². The third-order valence-corrected chi connectivity index (χ3v) is 10.3. The van der Waals surface area contributed by atoms with Crippen molar-refractivity contribution in [2.45, 2.75) is 148 Å². The highest BCUT2D eigenvalue weighted by Crippen LogP contribution is 2.39. The molecule has 0 spiro atoms. The van der Waals surface area contributed by atoms with Gasteiger partial charge in [0.15, 0.2) is 0 Å². The summed E-state index contributed by atoms with van der Waals surface area (Å²) in [6.45, 7) is 34.0. The summed E-state index contributed by atoms with van der Waals surface area (Å²) < 4.78 is 74.8. The largest absolute Gasteiger partial charge is 0.471 e. The molecule has 4 rings (SSSR count). The predicted molar refractivity (Wildman–Crippen MR) is 266 cm³/mol. The van der Waals surface area contributed by atoms with Gasteiger partial charge in [-0.05, 0) is 49.9 Å². The Kier molecular flexibility index (Phi) is 31.6. The first-order valence-electron chi connectivity index (χ1n) is 23.6. The van der Waals surface area contributed by atoms with E-state index in [1.807, 2.05) is 68.4 Å². The van der Waals surface area contributed by atoms with E-state index >= 15 is 0 Å². The second-order valence-corrected chi connectivity index (χ2v) is 18.5. The Bertz CT molecular complexity index is 2160. The van der Waals surface area contributed by atoms with Gasteiger partial charge in [0.05, 0.1) is 42.0 Å². The summed E-state index contributed by atoms with van der Waals surface area (Å²) in [6.07, 6.45) is 2.97. The first-order valence-corrected chi connectivity index (χ1v) is 23.6. The number of likely N-dealkylation sites (tertiary alicyclic amines) is 2. The van der Waals surface area contributed by atoms with Gasteiger partial charge in [0.1, 0.15) is 11.7 Å². The Morgan fingerprint density at radius 3 is 1.54 bits per heavy atom. The van der Waals surface area contributed by atoms with Gasteiger partial charge in [0, 0.05) is 49.2 Å². The summed E-state index contributed by atoms with van der Waals surface area (Å²) in [5, 5.41) is 22.5. The van der Waals surface area contributed by atoms with Gasteiger partial charge in [-0.1, -0.05) is 103 Å². The number of nitrogens with one attached hydrogen (secondary N) is 4. The molecule has 4 heterocycles. The number of nitriles is 1. The molecular weight excluding hydrogens is 951 g/mol. The second kappa shape index (κ2) is 32.6. The van der Waals surface area contributed by atoms with Gasteiger partial charge >= 0.3 is 24.2 Å². The van der Waals surface area contributed by atoms with Crippen LogP contribution in [0, 0.1) is 72.0 Å². The van der Waals surface area contributed by atoms with Gasteiger partial charge in [-0.3, -0.25) is 38.4 Å². The molecule has 0 radical (unpaired) electrons. The number of pyridine rings is 1.